The molecule has 1 aliphatic heterocycles. The van der Waals surface area contributed by atoms with E-state index in [0.717, 1.165) is 11.9 Å². The Morgan fingerprint density at radius 3 is 2.88 bits per heavy atom. The van der Waals surface area contributed by atoms with Crippen LogP contribution in [0.25, 0.3) is 0 Å². The van der Waals surface area contributed by atoms with Gasteiger partial charge in [-0.15, -0.1) is 0 Å². The van der Waals surface area contributed by atoms with Crippen LogP contribution in [0.2, 0.25) is 0 Å². The minimum Gasteiger partial charge on any atom is -0.331 e. The Labute approximate surface area is 50.2 Å². The van der Waals surface area contributed by atoms with Gasteiger partial charge >= 0.3 is 0 Å². The highest BCUT2D eigenvalue weighted by Crippen LogP contribution is 2.13. The second-order valence-electron chi connectivity index (χ2n) is 1.27. The molecule has 5 heteroatoms. The van der Waals surface area contributed by atoms with Gasteiger partial charge in [0.05, 0.1) is 0 Å². The second-order valence-corrected chi connectivity index (χ2v) is 2.23. The lowest BCUT2D eigenvalue weighted by Crippen LogP contribution is -2.09. The van der Waals surface area contributed by atoms with Crippen molar-refractivity contribution in [2.24, 2.45) is 0 Å². The topological polar surface area (TPSA) is 55.2 Å². The van der Waals surface area contributed by atoms with Crippen molar-refractivity contribution in [2.75, 3.05) is 0 Å². The van der Waals surface area contributed by atoms with Gasteiger partial charge in [0, 0.05) is 29.1 Å². The molecule has 1 N–H and O–H groups in total. The normalized spacial score (nSPS) is 25.2. The number of nitro groups is 1. The summed E-state index contributed by atoms with van der Waals surface area (Å²) in [6, 6.07) is 0. The van der Waals surface area contributed by atoms with Crippen LogP contribution in [0.4, 0.5) is 0 Å². The molecule has 0 saturated heterocycles. The largest absolute Gasteiger partial charge is 0.331 e. The molecule has 0 bridgehead atoms. The van der Waals surface area contributed by atoms with Crippen molar-refractivity contribution >= 4 is 11.9 Å². The van der Waals surface area contributed by atoms with Gasteiger partial charge in [-0.2, -0.15) is 0 Å². The number of rotatable bonds is 1. The van der Waals surface area contributed by atoms with Crippen LogP contribution in [0.1, 0.15) is 0 Å². The van der Waals surface area contributed by atoms with Gasteiger partial charge in [0.1, 0.15) is 0 Å². The standard InChI is InChI=1S/C3H4N2O2S/c6-5(7)3-1-2-4-8-3/h1-4H. The van der Waals surface area contributed by atoms with Crippen LogP contribution in [0.15, 0.2) is 12.3 Å². The highest BCUT2D eigenvalue weighted by molar-refractivity contribution is 7.98. The maximum Gasteiger partial charge on any atom is 0.296 e. The quantitative estimate of drug-likeness (QED) is 0.318. The molecule has 0 aliphatic carbocycles. The van der Waals surface area contributed by atoms with E-state index < -0.39 is 5.37 Å². The van der Waals surface area contributed by atoms with E-state index in [1.54, 1.807) is 6.20 Å². The van der Waals surface area contributed by atoms with E-state index >= 15 is 0 Å². The molecule has 0 amide bonds. The van der Waals surface area contributed by atoms with E-state index in [2.05, 4.69) is 4.72 Å². The van der Waals surface area contributed by atoms with Gasteiger partial charge in [-0.25, -0.2) is 0 Å². The van der Waals surface area contributed by atoms with Gasteiger partial charge in [-0.1, -0.05) is 0 Å². The first-order chi connectivity index (χ1) is 3.80. The zero-order chi connectivity index (χ0) is 5.98. The second kappa shape index (κ2) is 2.04. The van der Waals surface area contributed by atoms with Gasteiger partial charge in [-0.05, 0) is 0 Å². The maximum absolute atomic E-state index is 9.90. The van der Waals surface area contributed by atoms with E-state index in [4.69, 9.17) is 0 Å². The Morgan fingerprint density at radius 1 is 1.88 bits per heavy atom. The number of hydrogen-bond acceptors (Lipinski definition) is 4. The molecule has 8 heavy (non-hydrogen) atoms. The van der Waals surface area contributed by atoms with Crippen molar-refractivity contribution in [1.82, 2.24) is 4.72 Å². The van der Waals surface area contributed by atoms with Crippen molar-refractivity contribution in [3.8, 4) is 0 Å². The van der Waals surface area contributed by atoms with Crippen LogP contribution in [0, 0.1) is 10.1 Å². The van der Waals surface area contributed by atoms with E-state index in [1.807, 2.05) is 0 Å². The lowest BCUT2D eigenvalue weighted by Gasteiger charge is -1.92. The van der Waals surface area contributed by atoms with Gasteiger partial charge < -0.3 is 4.72 Å². The van der Waals surface area contributed by atoms with Crippen molar-refractivity contribution in [3.63, 3.8) is 0 Å². The molecule has 1 rings (SSSR count). The Hall–Kier alpha value is -0.710. The zero-order valence-electron chi connectivity index (χ0n) is 3.90. The lowest BCUT2D eigenvalue weighted by molar-refractivity contribution is -0.482. The molecule has 0 aromatic carbocycles. The fraction of sp³-hybridized carbons (Fsp3) is 0.333. The molecule has 0 aromatic heterocycles. The van der Waals surface area contributed by atoms with Crippen LogP contribution >= 0.6 is 11.9 Å². The summed E-state index contributed by atoms with van der Waals surface area (Å²) < 4.78 is 2.65. The highest BCUT2D eigenvalue weighted by atomic mass is 32.2. The van der Waals surface area contributed by atoms with E-state index in [1.165, 1.54) is 6.08 Å². The summed E-state index contributed by atoms with van der Waals surface area (Å²) in [6.07, 6.45) is 3.07. The van der Waals surface area contributed by atoms with Gasteiger partial charge in [-0.3, -0.25) is 10.1 Å². The summed E-state index contributed by atoms with van der Waals surface area (Å²) in [7, 11) is 0. The third kappa shape index (κ3) is 0.919. The Bertz CT molecular complexity index is 135. The van der Waals surface area contributed by atoms with E-state index in [-0.39, 0.29) is 4.92 Å². The SMILES string of the molecule is O=[N+]([O-])C1C=CNS1. The highest BCUT2D eigenvalue weighted by Gasteiger charge is 2.19. The molecule has 0 spiro atoms. The van der Waals surface area contributed by atoms with Crippen LogP contribution in [0.3, 0.4) is 0 Å². The summed E-state index contributed by atoms with van der Waals surface area (Å²) >= 11 is 1.09. The molecule has 4 nitrogen and oxygen atoms in total. The summed E-state index contributed by atoms with van der Waals surface area (Å²) in [4.78, 5) is 9.55. The minimum absolute atomic E-state index is 0.346. The molecule has 0 aromatic rings. The predicted octanol–water partition coefficient (Wildman–Crippen LogP) is 0.354. The van der Waals surface area contributed by atoms with Crippen LogP contribution in [-0.4, -0.2) is 10.3 Å². The first-order valence-corrected chi connectivity index (χ1v) is 2.90. The summed E-state index contributed by atoms with van der Waals surface area (Å²) in [5.41, 5.74) is 0. The number of nitrogens with one attached hydrogen (secondary N) is 1. The number of hydrogen-bond donors (Lipinski definition) is 1. The Morgan fingerprint density at radius 2 is 2.62 bits per heavy atom. The molecule has 0 fully saturated rings. The summed E-state index contributed by atoms with van der Waals surface area (Å²) in [5, 5.41) is 9.31. The van der Waals surface area contributed by atoms with Crippen molar-refractivity contribution in [3.05, 3.63) is 22.4 Å². The first kappa shape index (κ1) is 5.43. The predicted molar refractivity (Wildman–Crippen MR) is 30.6 cm³/mol. The van der Waals surface area contributed by atoms with E-state index in [0.29, 0.717) is 0 Å². The third-order valence-electron chi connectivity index (χ3n) is 0.725. The minimum atomic E-state index is -0.588. The third-order valence-corrected chi connectivity index (χ3v) is 1.57. The fourth-order valence-corrected chi connectivity index (χ4v) is 0.923. The van der Waals surface area contributed by atoms with Crippen LogP contribution in [0.5, 0.6) is 0 Å². The molecular formula is C3H4N2O2S. The maximum atomic E-state index is 9.90. The average molecular weight is 132 g/mol. The molecule has 1 unspecified atom stereocenters. The molecule has 0 saturated carbocycles. The molecule has 1 aliphatic rings. The Kier molecular flexibility index (Phi) is 1.38. The average Bonchev–Trinajstić information content (AvgIpc) is 2.12. The lowest BCUT2D eigenvalue weighted by atomic mass is 10.6. The van der Waals surface area contributed by atoms with Gasteiger partial charge in [0.2, 0.25) is 0 Å². The molecule has 0 radical (unpaired) electrons. The molecular weight excluding hydrogens is 128 g/mol. The molecule has 1 heterocycles. The van der Waals surface area contributed by atoms with Crippen molar-refractivity contribution in [1.29, 1.82) is 0 Å². The summed E-state index contributed by atoms with van der Waals surface area (Å²) in [5.74, 6) is 0. The fourth-order valence-electron chi connectivity index (χ4n) is 0.383. The first-order valence-electron chi connectivity index (χ1n) is 2.02. The van der Waals surface area contributed by atoms with Crippen molar-refractivity contribution in [2.45, 2.75) is 5.37 Å². The summed E-state index contributed by atoms with van der Waals surface area (Å²) in [6.45, 7) is 0. The molecule has 44 valence electrons. The molecule has 1 atom stereocenters. The van der Waals surface area contributed by atoms with Crippen LogP contribution < -0.4 is 4.72 Å². The monoisotopic (exact) mass is 132 g/mol. The zero-order valence-corrected chi connectivity index (χ0v) is 4.72. The van der Waals surface area contributed by atoms with Gasteiger partial charge in [0.25, 0.3) is 5.37 Å². The van der Waals surface area contributed by atoms with Crippen LogP contribution in [-0.2, 0) is 0 Å². The van der Waals surface area contributed by atoms with Crippen molar-refractivity contribution < 1.29 is 4.92 Å². The Balaban J connectivity index is 2.48. The smallest absolute Gasteiger partial charge is 0.296 e. The van der Waals surface area contributed by atoms with Gasteiger partial charge in [0.15, 0.2) is 0 Å². The number of nitrogens with zero attached hydrogens (tertiary/aromatic N) is 1. The van der Waals surface area contributed by atoms with E-state index in [9.17, 15) is 10.1 Å².